The fraction of sp³-hybridized carbons (Fsp3) is 0.429. The molecular formula is C14H18O. The topological polar surface area (TPSA) is 9.23 Å². The Bertz CT molecular complexity index is 327. The molecule has 1 aromatic carbocycles. The predicted octanol–water partition coefficient (Wildman–Crippen LogP) is 4.22. The zero-order valence-corrected chi connectivity index (χ0v) is 9.33. The van der Waals surface area contributed by atoms with Crippen molar-refractivity contribution in [2.24, 2.45) is 0 Å². The molecule has 0 radical (unpaired) electrons. The van der Waals surface area contributed by atoms with Crippen LogP contribution in [0.25, 0.3) is 0 Å². The highest BCUT2D eigenvalue weighted by Gasteiger charge is 2.05. The summed E-state index contributed by atoms with van der Waals surface area (Å²) in [6, 6.07) is 8.20. The molecule has 0 aromatic heterocycles. The van der Waals surface area contributed by atoms with Crippen LogP contribution >= 0.6 is 0 Å². The molecular weight excluding hydrogens is 184 g/mol. The lowest BCUT2D eigenvalue weighted by Gasteiger charge is -2.13. The zero-order valence-electron chi connectivity index (χ0n) is 9.33. The van der Waals surface area contributed by atoms with E-state index in [1.807, 2.05) is 18.4 Å². The number of allylic oxidation sites excluding steroid dienone is 1. The average Bonchev–Trinajstić information content (AvgIpc) is 2.30. The molecule has 1 heteroatoms. The highest BCUT2D eigenvalue weighted by atomic mass is 16.5. The van der Waals surface area contributed by atoms with Crippen molar-refractivity contribution in [3.63, 3.8) is 0 Å². The summed E-state index contributed by atoms with van der Waals surface area (Å²) in [5, 5.41) is 0. The van der Waals surface area contributed by atoms with Gasteiger partial charge in [-0.25, -0.2) is 0 Å². The van der Waals surface area contributed by atoms with Crippen LogP contribution in [0.15, 0.2) is 36.1 Å². The maximum absolute atomic E-state index is 5.64. The van der Waals surface area contributed by atoms with Crippen LogP contribution in [-0.4, -0.2) is 0 Å². The first-order valence-corrected chi connectivity index (χ1v) is 5.76. The third-order valence-corrected chi connectivity index (χ3v) is 2.88. The number of hydrogen-bond donors (Lipinski definition) is 0. The van der Waals surface area contributed by atoms with Gasteiger partial charge in [-0.1, -0.05) is 24.1 Å². The fourth-order valence-corrected chi connectivity index (χ4v) is 1.89. The number of ether oxygens (including phenoxy) is 1. The van der Waals surface area contributed by atoms with Gasteiger partial charge in [0.15, 0.2) is 0 Å². The Kier molecular flexibility index (Phi) is 3.44. The van der Waals surface area contributed by atoms with Crippen LogP contribution in [-0.2, 0) is 0 Å². The predicted molar refractivity (Wildman–Crippen MR) is 63.0 cm³/mol. The van der Waals surface area contributed by atoms with Gasteiger partial charge in [0.2, 0.25) is 0 Å². The van der Waals surface area contributed by atoms with Crippen molar-refractivity contribution in [3.05, 3.63) is 41.7 Å². The largest absolute Gasteiger partial charge is 0.465 e. The van der Waals surface area contributed by atoms with Crippen molar-refractivity contribution in [2.45, 2.75) is 39.0 Å². The van der Waals surface area contributed by atoms with Crippen molar-refractivity contribution in [1.82, 2.24) is 0 Å². The maximum atomic E-state index is 5.64. The average molecular weight is 202 g/mol. The van der Waals surface area contributed by atoms with E-state index in [1.54, 1.807) is 0 Å². The SMILES string of the molecule is Cc1ccc(OC=C2CCCCC2)cc1. The Balaban J connectivity index is 1.94. The molecule has 1 aliphatic rings. The molecule has 0 amide bonds. The molecule has 1 aromatic rings. The van der Waals surface area contributed by atoms with E-state index in [2.05, 4.69) is 19.1 Å². The molecule has 1 aliphatic carbocycles. The molecule has 0 heterocycles. The third-order valence-electron chi connectivity index (χ3n) is 2.88. The fourth-order valence-electron chi connectivity index (χ4n) is 1.89. The summed E-state index contributed by atoms with van der Waals surface area (Å²) in [6.07, 6.45) is 8.40. The molecule has 0 spiro atoms. The molecule has 80 valence electrons. The van der Waals surface area contributed by atoms with Crippen molar-refractivity contribution in [1.29, 1.82) is 0 Å². The smallest absolute Gasteiger partial charge is 0.126 e. The van der Waals surface area contributed by atoms with Crippen LogP contribution in [0.5, 0.6) is 5.75 Å². The summed E-state index contributed by atoms with van der Waals surface area (Å²) in [4.78, 5) is 0. The summed E-state index contributed by atoms with van der Waals surface area (Å²) in [5.74, 6) is 0.943. The number of benzene rings is 1. The summed E-state index contributed by atoms with van der Waals surface area (Å²) >= 11 is 0. The van der Waals surface area contributed by atoms with Crippen LogP contribution in [0.3, 0.4) is 0 Å². The highest BCUT2D eigenvalue weighted by Crippen LogP contribution is 2.23. The number of aryl methyl sites for hydroxylation is 1. The lowest BCUT2D eigenvalue weighted by atomic mass is 9.96. The second-order valence-electron chi connectivity index (χ2n) is 4.27. The Morgan fingerprint density at radius 3 is 2.33 bits per heavy atom. The van der Waals surface area contributed by atoms with Crippen LogP contribution < -0.4 is 4.74 Å². The first kappa shape index (κ1) is 10.3. The normalized spacial score (nSPS) is 16.2. The Labute approximate surface area is 91.8 Å². The van der Waals surface area contributed by atoms with E-state index in [9.17, 15) is 0 Å². The standard InChI is InChI=1S/C14H18O/c1-12-7-9-14(10-8-12)15-11-13-5-3-2-4-6-13/h7-11H,2-6H2,1H3. The van der Waals surface area contributed by atoms with Crippen molar-refractivity contribution >= 4 is 0 Å². The van der Waals surface area contributed by atoms with Gasteiger partial charge >= 0.3 is 0 Å². The molecule has 0 unspecified atom stereocenters. The van der Waals surface area contributed by atoms with E-state index in [0.717, 1.165) is 5.75 Å². The van der Waals surface area contributed by atoms with Gasteiger partial charge in [-0.3, -0.25) is 0 Å². The van der Waals surface area contributed by atoms with E-state index in [-0.39, 0.29) is 0 Å². The van der Waals surface area contributed by atoms with Gasteiger partial charge < -0.3 is 4.74 Å². The van der Waals surface area contributed by atoms with Crippen LogP contribution in [0, 0.1) is 6.92 Å². The molecule has 0 bridgehead atoms. The molecule has 0 saturated heterocycles. The molecule has 1 fully saturated rings. The monoisotopic (exact) mass is 202 g/mol. The second kappa shape index (κ2) is 5.01. The molecule has 1 nitrogen and oxygen atoms in total. The second-order valence-corrected chi connectivity index (χ2v) is 4.27. The molecule has 0 N–H and O–H groups in total. The molecule has 15 heavy (non-hydrogen) atoms. The minimum absolute atomic E-state index is 0.943. The van der Waals surface area contributed by atoms with E-state index in [0.29, 0.717) is 0 Å². The van der Waals surface area contributed by atoms with Crippen LogP contribution in [0.4, 0.5) is 0 Å². The van der Waals surface area contributed by atoms with Gasteiger partial charge in [-0.05, 0) is 50.3 Å². The van der Waals surface area contributed by atoms with Gasteiger partial charge in [0.1, 0.15) is 5.75 Å². The number of hydrogen-bond acceptors (Lipinski definition) is 1. The van der Waals surface area contributed by atoms with Gasteiger partial charge in [0.25, 0.3) is 0 Å². The molecule has 0 atom stereocenters. The third kappa shape index (κ3) is 3.12. The van der Waals surface area contributed by atoms with Crippen molar-refractivity contribution in [3.8, 4) is 5.75 Å². The summed E-state index contributed by atoms with van der Waals surface area (Å²) in [5.41, 5.74) is 2.73. The van der Waals surface area contributed by atoms with E-state index in [4.69, 9.17) is 4.74 Å². The van der Waals surface area contributed by atoms with Crippen LogP contribution in [0.1, 0.15) is 37.7 Å². The van der Waals surface area contributed by atoms with E-state index >= 15 is 0 Å². The molecule has 1 saturated carbocycles. The van der Waals surface area contributed by atoms with Gasteiger partial charge in [-0.2, -0.15) is 0 Å². The number of rotatable bonds is 2. The Morgan fingerprint density at radius 1 is 1.00 bits per heavy atom. The summed E-state index contributed by atoms with van der Waals surface area (Å²) < 4.78 is 5.64. The first-order chi connectivity index (χ1) is 7.34. The maximum Gasteiger partial charge on any atom is 0.126 e. The van der Waals surface area contributed by atoms with Gasteiger partial charge in [-0.15, -0.1) is 0 Å². The quantitative estimate of drug-likeness (QED) is 0.652. The van der Waals surface area contributed by atoms with Gasteiger partial charge in [0.05, 0.1) is 6.26 Å². The van der Waals surface area contributed by atoms with E-state index in [1.165, 1.54) is 43.2 Å². The van der Waals surface area contributed by atoms with E-state index < -0.39 is 0 Å². The molecule has 2 rings (SSSR count). The van der Waals surface area contributed by atoms with Crippen LogP contribution in [0.2, 0.25) is 0 Å². The summed E-state index contributed by atoms with van der Waals surface area (Å²) in [6.45, 7) is 2.09. The zero-order chi connectivity index (χ0) is 10.5. The van der Waals surface area contributed by atoms with Crippen molar-refractivity contribution < 1.29 is 4.74 Å². The minimum atomic E-state index is 0.943. The Hall–Kier alpha value is -1.24. The Morgan fingerprint density at radius 2 is 1.67 bits per heavy atom. The van der Waals surface area contributed by atoms with Crippen molar-refractivity contribution in [2.75, 3.05) is 0 Å². The minimum Gasteiger partial charge on any atom is -0.465 e. The lowest BCUT2D eigenvalue weighted by Crippen LogP contribution is -1.95. The lowest BCUT2D eigenvalue weighted by molar-refractivity contribution is 0.459. The van der Waals surface area contributed by atoms with Gasteiger partial charge in [0, 0.05) is 0 Å². The highest BCUT2D eigenvalue weighted by molar-refractivity contribution is 5.27. The molecule has 0 aliphatic heterocycles. The first-order valence-electron chi connectivity index (χ1n) is 5.76. The summed E-state index contributed by atoms with van der Waals surface area (Å²) in [7, 11) is 0.